The molecule has 1 N–H and O–H groups in total. The third kappa shape index (κ3) is 2.60. The summed E-state index contributed by atoms with van der Waals surface area (Å²) in [6, 6.07) is 2.00. The lowest BCUT2D eigenvalue weighted by Gasteiger charge is -2.29. The Hall–Kier alpha value is -1.38. The number of rotatable bonds is 4. The van der Waals surface area contributed by atoms with Gasteiger partial charge in [0, 0.05) is 12.4 Å². The van der Waals surface area contributed by atoms with Gasteiger partial charge in [-0.15, -0.1) is 0 Å². The van der Waals surface area contributed by atoms with Crippen molar-refractivity contribution in [2.75, 3.05) is 0 Å². The van der Waals surface area contributed by atoms with E-state index in [9.17, 15) is 9.90 Å². The largest absolute Gasteiger partial charge is 0.481 e. The molecule has 0 saturated heterocycles. The maximum absolute atomic E-state index is 11.3. The zero-order valence-corrected chi connectivity index (χ0v) is 10.3. The minimum absolute atomic E-state index is 0.0884. The molecule has 3 heteroatoms. The number of carboxylic acids is 1. The van der Waals surface area contributed by atoms with Crippen molar-refractivity contribution >= 4 is 5.97 Å². The third-order valence-corrected chi connectivity index (χ3v) is 3.27. The first kappa shape index (κ1) is 12.7. The van der Waals surface area contributed by atoms with Gasteiger partial charge in [0.25, 0.3) is 0 Å². The smallest absolute Gasteiger partial charge is 0.309 e. The highest BCUT2D eigenvalue weighted by Crippen LogP contribution is 2.31. The number of pyridine rings is 1. The molecule has 1 unspecified atom stereocenters. The number of aromatic nitrogens is 1. The van der Waals surface area contributed by atoms with Crippen molar-refractivity contribution < 1.29 is 9.90 Å². The van der Waals surface area contributed by atoms with E-state index in [2.05, 4.69) is 4.98 Å². The molecule has 0 fully saturated rings. The Bertz CT molecular complexity index is 387. The molecule has 1 aromatic rings. The summed E-state index contributed by atoms with van der Waals surface area (Å²) < 4.78 is 0. The lowest BCUT2D eigenvalue weighted by molar-refractivity contribution is -0.150. The van der Waals surface area contributed by atoms with Crippen LogP contribution in [0.2, 0.25) is 0 Å². The van der Waals surface area contributed by atoms with Gasteiger partial charge < -0.3 is 5.11 Å². The van der Waals surface area contributed by atoms with Crippen LogP contribution in [0.4, 0.5) is 0 Å². The second kappa shape index (κ2) is 4.64. The predicted molar refractivity (Wildman–Crippen MR) is 63.3 cm³/mol. The van der Waals surface area contributed by atoms with Crippen LogP contribution in [0.3, 0.4) is 0 Å². The minimum Gasteiger partial charge on any atom is -0.481 e. The normalized spacial score (nSPS) is 14.8. The molecule has 0 radical (unpaired) electrons. The summed E-state index contributed by atoms with van der Waals surface area (Å²) in [7, 11) is 0. The summed E-state index contributed by atoms with van der Waals surface area (Å²) in [5.74, 6) is -0.658. The van der Waals surface area contributed by atoms with Gasteiger partial charge in [0.15, 0.2) is 0 Å². The topological polar surface area (TPSA) is 50.2 Å². The van der Waals surface area contributed by atoms with E-state index in [4.69, 9.17) is 0 Å². The number of carbonyl (C=O) groups is 1. The van der Waals surface area contributed by atoms with Crippen molar-refractivity contribution in [2.24, 2.45) is 11.3 Å². The fourth-order valence-corrected chi connectivity index (χ4v) is 1.66. The summed E-state index contributed by atoms with van der Waals surface area (Å²) in [6.07, 6.45) is 4.04. The molecule has 0 aliphatic carbocycles. The molecule has 3 nitrogen and oxygen atoms in total. The van der Waals surface area contributed by atoms with Crippen LogP contribution in [0, 0.1) is 18.3 Å². The maximum atomic E-state index is 11.3. The molecule has 1 aromatic heterocycles. The van der Waals surface area contributed by atoms with Gasteiger partial charge in [-0.1, -0.05) is 19.9 Å². The Labute approximate surface area is 96.5 Å². The number of hydrogen-bond acceptors (Lipinski definition) is 2. The van der Waals surface area contributed by atoms with Crippen molar-refractivity contribution in [1.29, 1.82) is 0 Å². The molecule has 88 valence electrons. The van der Waals surface area contributed by atoms with Gasteiger partial charge >= 0.3 is 5.97 Å². The predicted octanol–water partition coefficient (Wildman–Crippen LogP) is 2.68. The monoisotopic (exact) mass is 221 g/mol. The van der Waals surface area contributed by atoms with Crippen molar-refractivity contribution in [3.05, 3.63) is 29.6 Å². The van der Waals surface area contributed by atoms with Crippen LogP contribution in [-0.2, 0) is 11.2 Å². The zero-order chi connectivity index (χ0) is 12.3. The molecule has 0 saturated carbocycles. The Morgan fingerprint density at radius 1 is 1.50 bits per heavy atom. The van der Waals surface area contributed by atoms with Gasteiger partial charge in [-0.2, -0.15) is 0 Å². The van der Waals surface area contributed by atoms with Crippen molar-refractivity contribution in [3.8, 4) is 0 Å². The van der Waals surface area contributed by atoms with E-state index in [1.807, 2.05) is 26.8 Å². The molecule has 16 heavy (non-hydrogen) atoms. The number of aryl methyl sites for hydroxylation is 1. The molecule has 0 aromatic carbocycles. The third-order valence-electron chi connectivity index (χ3n) is 3.27. The van der Waals surface area contributed by atoms with Crippen LogP contribution in [0.1, 0.15) is 31.9 Å². The van der Waals surface area contributed by atoms with Crippen LogP contribution in [-0.4, -0.2) is 16.1 Å². The van der Waals surface area contributed by atoms with Crippen LogP contribution in [0.25, 0.3) is 0 Å². The van der Waals surface area contributed by atoms with E-state index in [0.29, 0.717) is 6.42 Å². The lowest BCUT2D eigenvalue weighted by atomic mass is 9.74. The Balaban J connectivity index is 2.97. The maximum Gasteiger partial charge on any atom is 0.309 e. The number of carboxylic acid groups (broad SMARTS) is 1. The fraction of sp³-hybridized carbons (Fsp3) is 0.538. The minimum atomic E-state index is -0.746. The van der Waals surface area contributed by atoms with Crippen molar-refractivity contribution in [2.45, 2.75) is 34.1 Å². The van der Waals surface area contributed by atoms with Gasteiger partial charge in [0.2, 0.25) is 0 Å². The Morgan fingerprint density at radius 2 is 2.12 bits per heavy atom. The van der Waals surface area contributed by atoms with Gasteiger partial charge in [-0.3, -0.25) is 9.78 Å². The van der Waals surface area contributed by atoms with E-state index in [0.717, 1.165) is 11.1 Å². The summed E-state index contributed by atoms with van der Waals surface area (Å²) in [5, 5.41) is 9.31. The summed E-state index contributed by atoms with van der Waals surface area (Å²) in [6.45, 7) is 7.64. The number of aliphatic carboxylic acids is 1. The zero-order valence-electron chi connectivity index (χ0n) is 10.3. The van der Waals surface area contributed by atoms with Crippen LogP contribution in [0.15, 0.2) is 18.5 Å². The molecular weight excluding hydrogens is 202 g/mol. The first-order chi connectivity index (χ1) is 7.36. The Morgan fingerprint density at radius 3 is 2.56 bits per heavy atom. The van der Waals surface area contributed by atoms with E-state index in [-0.39, 0.29) is 5.92 Å². The average Bonchev–Trinajstić information content (AvgIpc) is 2.16. The highest BCUT2D eigenvalue weighted by Gasteiger charge is 2.36. The van der Waals surface area contributed by atoms with Gasteiger partial charge in [-0.25, -0.2) is 0 Å². The molecule has 1 heterocycles. The molecule has 0 bridgehead atoms. The van der Waals surface area contributed by atoms with Gasteiger partial charge in [0.05, 0.1) is 5.41 Å². The highest BCUT2D eigenvalue weighted by atomic mass is 16.4. The SMILES string of the molecule is Cc1cncc(CC(C)(C(=O)O)C(C)C)c1. The first-order valence-corrected chi connectivity index (χ1v) is 5.50. The van der Waals surface area contributed by atoms with Crippen LogP contribution >= 0.6 is 0 Å². The summed E-state index contributed by atoms with van der Waals surface area (Å²) in [4.78, 5) is 15.4. The van der Waals surface area contributed by atoms with Crippen molar-refractivity contribution in [1.82, 2.24) is 4.98 Å². The average molecular weight is 221 g/mol. The number of hydrogen-bond donors (Lipinski definition) is 1. The second-order valence-electron chi connectivity index (χ2n) is 4.92. The Kier molecular flexibility index (Phi) is 3.68. The summed E-state index contributed by atoms with van der Waals surface area (Å²) >= 11 is 0. The summed E-state index contributed by atoms with van der Waals surface area (Å²) in [5.41, 5.74) is 1.32. The van der Waals surface area contributed by atoms with E-state index in [1.54, 1.807) is 19.3 Å². The molecule has 1 rings (SSSR count). The standard InChI is InChI=1S/C13H19NO2/c1-9(2)13(4,12(15)16)6-11-5-10(3)7-14-8-11/h5,7-9H,6H2,1-4H3,(H,15,16). The van der Waals surface area contributed by atoms with Crippen molar-refractivity contribution in [3.63, 3.8) is 0 Å². The highest BCUT2D eigenvalue weighted by molar-refractivity contribution is 5.74. The van der Waals surface area contributed by atoms with Crippen LogP contribution < -0.4 is 0 Å². The second-order valence-corrected chi connectivity index (χ2v) is 4.92. The molecular formula is C13H19NO2. The van der Waals surface area contributed by atoms with Crippen LogP contribution in [0.5, 0.6) is 0 Å². The fourth-order valence-electron chi connectivity index (χ4n) is 1.66. The quantitative estimate of drug-likeness (QED) is 0.850. The molecule has 0 amide bonds. The van der Waals surface area contributed by atoms with Gasteiger partial charge in [0.1, 0.15) is 0 Å². The van der Waals surface area contributed by atoms with Gasteiger partial charge in [-0.05, 0) is 37.3 Å². The molecule has 1 atom stereocenters. The molecule has 0 spiro atoms. The van der Waals surface area contributed by atoms with E-state index < -0.39 is 11.4 Å². The van der Waals surface area contributed by atoms with E-state index >= 15 is 0 Å². The first-order valence-electron chi connectivity index (χ1n) is 5.50. The molecule has 0 aliphatic rings. The number of nitrogens with zero attached hydrogens (tertiary/aromatic N) is 1. The molecule has 0 aliphatic heterocycles. The lowest BCUT2D eigenvalue weighted by Crippen LogP contribution is -2.35. The van der Waals surface area contributed by atoms with E-state index in [1.165, 1.54) is 0 Å².